The molecule has 2 aromatic carbocycles. The van der Waals surface area contributed by atoms with Gasteiger partial charge in [0.2, 0.25) is 0 Å². The highest BCUT2D eigenvalue weighted by molar-refractivity contribution is 7.98. The predicted molar refractivity (Wildman–Crippen MR) is 128 cm³/mol. The molecule has 10 heteroatoms. The SMILES string of the molecule is C#Cc1c(F)ccc2cc(OC(F)F)cc(-c3nc(N4CCC4C)c4cnc(SC)nc4c3F)c12. The van der Waals surface area contributed by atoms with Crippen LogP contribution in [0.15, 0.2) is 35.6 Å². The van der Waals surface area contributed by atoms with Gasteiger partial charge in [-0.05, 0) is 43.2 Å². The van der Waals surface area contributed by atoms with E-state index in [9.17, 15) is 13.2 Å². The summed E-state index contributed by atoms with van der Waals surface area (Å²) in [6.07, 6.45) is 9.80. The highest BCUT2D eigenvalue weighted by Crippen LogP contribution is 2.41. The quantitative estimate of drug-likeness (QED) is 0.145. The summed E-state index contributed by atoms with van der Waals surface area (Å²) in [5, 5.41) is 1.25. The fourth-order valence-corrected chi connectivity index (χ4v) is 4.60. The van der Waals surface area contributed by atoms with Gasteiger partial charge >= 0.3 is 6.61 Å². The third kappa shape index (κ3) is 3.90. The zero-order valence-electron chi connectivity index (χ0n) is 18.7. The van der Waals surface area contributed by atoms with Gasteiger partial charge in [0.15, 0.2) is 11.0 Å². The second-order valence-electron chi connectivity index (χ2n) is 8.06. The van der Waals surface area contributed by atoms with E-state index < -0.39 is 18.2 Å². The van der Waals surface area contributed by atoms with Crippen molar-refractivity contribution in [3.63, 3.8) is 0 Å². The van der Waals surface area contributed by atoms with E-state index in [0.717, 1.165) is 12.5 Å². The Bertz CT molecular complexity index is 1520. The molecule has 1 aliphatic heterocycles. The van der Waals surface area contributed by atoms with E-state index in [4.69, 9.17) is 6.42 Å². The third-order valence-corrected chi connectivity index (χ3v) is 6.64. The summed E-state index contributed by atoms with van der Waals surface area (Å²) in [7, 11) is 0. The summed E-state index contributed by atoms with van der Waals surface area (Å²) in [6.45, 7) is -0.412. The largest absolute Gasteiger partial charge is 0.435 e. The van der Waals surface area contributed by atoms with Crippen LogP contribution in [0.25, 0.3) is 32.9 Å². The molecule has 3 heterocycles. The molecule has 0 bridgehead atoms. The summed E-state index contributed by atoms with van der Waals surface area (Å²) in [5.74, 6) is 1.02. The van der Waals surface area contributed by atoms with Gasteiger partial charge in [-0.1, -0.05) is 23.7 Å². The summed E-state index contributed by atoms with van der Waals surface area (Å²) < 4.78 is 61.5. The molecule has 0 spiro atoms. The first-order valence-corrected chi connectivity index (χ1v) is 11.9. The van der Waals surface area contributed by atoms with Crippen LogP contribution in [0.1, 0.15) is 18.9 Å². The molecule has 1 aliphatic rings. The maximum absolute atomic E-state index is 16.1. The number of alkyl halides is 2. The Labute approximate surface area is 202 Å². The third-order valence-electron chi connectivity index (χ3n) is 6.08. The molecular weight excluding hydrogens is 480 g/mol. The second-order valence-corrected chi connectivity index (χ2v) is 8.84. The second kappa shape index (κ2) is 8.89. The number of rotatable bonds is 5. The van der Waals surface area contributed by atoms with Gasteiger partial charge in [-0.2, -0.15) is 8.78 Å². The van der Waals surface area contributed by atoms with E-state index in [1.54, 1.807) is 6.26 Å². The van der Waals surface area contributed by atoms with E-state index in [0.29, 0.717) is 28.3 Å². The van der Waals surface area contributed by atoms with Crippen LogP contribution in [0, 0.1) is 24.0 Å². The van der Waals surface area contributed by atoms with Crippen LogP contribution in [0.3, 0.4) is 0 Å². The van der Waals surface area contributed by atoms with Crippen LogP contribution < -0.4 is 9.64 Å². The van der Waals surface area contributed by atoms with Crippen LogP contribution in [-0.4, -0.2) is 40.4 Å². The van der Waals surface area contributed by atoms with Gasteiger partial charge in [-0.3, -0.25) is 0 Å². The minimum atomic E-state index is -3.11. The molecule has 0 aliphatic carbocycles. The smallest absolute Gasteiger partial charge is 0.387 e. The number of anilines is 1. The topological polar surface area (TPSA) is 51.1 Å². The van der Waals surface area contributed by atoms with Gasteiger partial charge in [-0.25, -0.2) is 23.7 Å². The van der Waals surface area contributed by atoms with Crippen molar-refractivity contribution in [3.8, 4) is 29.4 Å². The van der Waals surface area contributed by atoms with E-state index in [2.05, 4.69) is 25.6 Å². The van der Waals surface area contributed by atoms with Crippen LogP contribution in [-0.2, 0) is 0 Å². The molecule has 35 heavy (non-hydrogen) atoms. The number of pyridine rings is 1. The number of hydrogen-bond donors (Lipinski definition) is 0. The molecule has 4 aromatic rings. The molecule has 5 nitrogen and oxygen atoms in total. The van der Waals surface area contributed by atoms with Gasteiger partial charge in [0, 0.05) is 29.7 Å². The van der Waals surface area contributed by atoms with Crippen molar-refractivity contribution < 1.29 is 22.3 Å². The molecule has 1 saturated heterocycles. The molecule has 0 saturated carbocycles. The number of benzene rings is 2. The lowest BCUT2D eigenvalue weighted by atomic mass is 9.95. The van der Waals surface area contributed by atoms with Crippen molar-refractivity contribution in [1.82, 2.24) is 15.0 Å². The first-order valence-electron chi connectivity index (χ1n) is 10.7. The van der Waals surface area contributed by atoms with Crippen molar-refractivity contribution >= 4 is 39.3 Å². The van der Waals surface area contributed by atoms with Gasteiger partial charge < -0.3 is 9.64 Å². The predicted octanol–water partition coefficient (Wildman–Crippen LogP) is 6.03. The van der Waals surface area contributed by atoms with Gasteiger partial charge in [0.05, 0.1) is 10.9 Å². The Hall–Kier alpha value is -3.58. The van der Waals surface area contributed by atoms with Crippen molar-refractivity contribution in [2.45, 2.75) is 31.2 Å². The molecule has 0 radical (unpaired) electrons. The number of thioether (sulfide) groups is 1. The Morgan fingerprint density at radius 3 is 2.66 bits per heavy atom. The molecule has 1 unspecified atom stereocenters. The number of terminal acetylenes is 1. The summed E-state index contributed by atoms with van der Waals surface area (Å²) in [6, 6.07) is 5.15. The van der Waals surface area contributed by atoms with Crippen LogP contribution in [0.2, 0.25) is 0 Å². The van der Waals surface area contributed by atoms with Gasteiger partial charge in [0.1, 0.15) is 28.6 Å². The minimum Gasteiger partial charge on any atom is -0.435 e. The van der Waals surface area contributed by atoms with Gasteiger partial charge in [0.25, 0.3) is 0 Å². The fourth-order valence-electron chi connectivity index (χ4n) is 4.26. The minimum absolute atomic E-state index is 0.0236. The van der Waals surface area contributed by atoms with Crippen molar-refractivity contribution in [2.24, 2.45) is 0 Å². The zero-order chi connectivity index (χ0) is 24.9. The Morgan fingerprint density at radius 2 is 2.03 bits per heavy atom. The monoisotopic (exact) mass is 498 g/mol. The zero-order valence-corrected chi connectivity index (χ0v) is 19.5. The normalized spacial score (nSPS) is 15.5. The van der Waals surface area contributed by atoms with Crippen LogP contribution >= 0.6 is 11.8 Å². The first-order chi connectivity index (χ1) is 16.8. The Morgan fingerprint density at radius 1 is 1.23 bits per heavy atom. The average Bonchev–Trinajstić information content (AvgIpc) is 2.83. The lowest BCUT2D eigenvalue weighted by molar-refractivity contribution is -0.0497. The van der Waals surface area contributed by atoms with E-state index in [-0.39, 0.29) is 39.5 Å². The van der Waals surface area contributed by atoms with Crippen molar-refractivity contribution in [2.75, 3.05) is 17.7 Å². The van der Waals surface area contributed by atoms with Crippen molar-refractivity contribution in [3.05, 3.63) is 47.7 Å². The number of fused-ring (bicyclic) bond motifs is 2. The lowest BCUT2D eigenvalue weighted by Crippen LogP contribution is -2.46. The standard InChI is InChI=1S/C25H18F4N4OS/c1-4-15-18(26)6-5-13-9-14(34-24(28)29)10-16(19(13)15)21-20(27)22-17(11-30-25(32-22)35-3)23(31-21)33-8-7-12(33)2/h1,5-6,9-12,24H,7-8H2,2-3H3. The molecule has 0 amide bonds. The lowest BCUT2D eigenvalue weighted by Gasteiger charge is -2.40. The molecule has 0 N–H and O–H groups in total. The van der Waals surface area contributed by atoms with Crippen molar-refractivity contribution in [1.29, 1.82) is 0 Å². The number of aromatic nitrogens is 3. The molecule has 2 aromatic heterocycles. The molecule has 178 valence electrons. The first kappa shape index (κ1) is 23.2. The van der Waals surface area contributed by atoms with Crippen LogP contribution in [0.5, 0.6) is 5.75 Å². The maximum atomic E-state index is 16.1. The number of halogens is 4. The number of hydrogen-bond acceptors (Lipinski definition) is 6. The van der Waals surface area contributed by atoms with E-state index in [1.807, 2.05) is 11.8 Å². The fraction of sp³-hybridized carbons (Fsp3) is 0.240. The Kier molecular flexibility index (Phi) is 5.89. The number of nitrogens with zero attached hydrogens (tertiary/aromatic N) is 4. The molecule has 1 atom stereocenters. The molecule has 5 rings (SSSR count). The summed E-state index contributed by atoms with van der Waals surface area (Å²) in [5.41, 5.74) is -0.267. The average molecular weight is 499 g/mol. The molecule has 1 fully saturated rings. The summed E-state index contributed by atoms with van der Waals surface area (Å²) in [4.78, 5) is 15.2. The highest BCUT2D eigenvalue weighted by atomic mass is 32.2. The Balaban J connectivity index is 1.90. The highest BCUT2D eigenvalue weighted by Gasteiger charge is 2.30. The maximum Gasteiger partial charge on any atom is 0.387 e. The summed E-state index contributed by atoms with van der Waals surface area (Å²) >= 11 is 1.25. The van der Waals surface area contributed by atoms with E-state index in [1.165, 1.54) is 36.2 Å². The number of ether oxygens (including phenoxy) is 1. The van der Waals surface area contributed by atoms with E-state index >= 15 is 4.39 Å². The van der Waals surface area contributed by atoms with Crippen LogP contribution in [0.4, 0.5) is 23.4 Å². The molecular formula is C25H18F4N4OS. The van der Waals surface area contributed by atoms with Gasteiger partial charge in [-0.15, -0.1) is 6.42 Å².